The maximum atomic E-state index is 11.3. The maximum absolute atomic E-state index is 11.3. The summed E-state index contributed by atoms with van der Waals surface area (Å²) in [5, 5.41) is 2.65. The first kappa shape index (κ1) is 11.2. The largest absolute Gasteiger partial charge is 0.359 e. The van der Waals surface area contributed by atoms with E-state index in [2.05, 4.69) is 10.2 Å². The zero-order chi connectivity index (χ0) is 10.7. The van der Waals surface area contributed by atoms with E-state index in [4.69, 9.17) is 0 Å². The van der Waals surface area contributed by atoms with E-state index in [0.29, 0.717) is 6.54 Å². The molecule has 1 heterocycles. The lowest BCUT2D eigenvalue weighted by molar-refractivity contribution is -0.125. The number of Topliss-reactive ketones (excluding diaryl/α,β-unsaturated/α-hetero) is 1. The van der Waals surface area contributed by atoms with Gasteiger partial charge in [-0.2, -0.15) is 0 Å². The first-order valence-electron chi connectivity index (χ1n) is 5.02. The Morgan fingerprint density at radius 2 is 2.14 bits per heavy atom. The van der Waals surface area contributed by atoms with E-state index < -0.39 is 0 Å². The van der Waals surface area contributed by atoms with Gasteiger partial charge >= 0.3 is 0 Å². The van der Waals surface area contributed by atoms with Gasteiger partial charge in [0.1, 0.15) is 5.78 Å². The zero-order valence-corrected chi connectivity index (χ0v) is 9.04. The number of ketones is 1. The summed E-state index contributed by atoms with van der Waals surface area (Å²) in [5.41, 5.74) is 0. The standard InChI is InChI=1S/C10H18N2O2/c1-7(8(2)13)12-5-4-9(6-12)10(14)11-3/h7,9H,4-6H2,1-3H3,(H,11,14). The average Bonchev–Trinajstić information content (AvgIpc) is 2.64. The molecule has 1 aliphatic heterocycles. The lowest BCUT2D eigenvalue weighted by Gasteiger charge is -2.21. The van der Waals surface area contributed by atoms with Gasteiger partial charge in [0.05, 0.1) is 12.0 Å². The van der Waals surface area contributed by atoms with Gasteiger partial charge in [-0.3, -0.25) is 14.5 Å². The third-order valence-electron chi connectivity index (χ3n) is 2.97. The highest BCUT2D eigenvalue weighted by atomic mass is 16.2. The summed E-state index contributed by atoms with van der Waals surface area (Å²) in [5.74, 6) is 0.313. The van der Waals surface area contributed by atoms with E-state index >= 15 is 0 Å². The van der Waals surface area contributed by atoms with Crippen LogP contribution in [0.4, 0.5) is 0 Å². The van der Waals surface area contributed by atoms with E-state index in [1.807, 2.05) is 6.92 Å². The molecule has 0 aromatic rings. The highest BCUT2D eigenvalue weighted by molar-refractivity contribution is 5.82. The van der Waals surface area contributed by atoms with E-state index in [0.717, 1.165) is 13.0 Å². The van der Waals surface area contributed by atoms with Crippen molar-refractivity contribution in [1.82, 2.24) is 10.2 Å². The SMILES string of the molecule is CNC(=O)C1CCN(C(C)C(C)=O)C1. The Labute approximate surface area is 84.7 Å². The average molecular weight is 198 g/mol. The van der Waals surface area contributed by atoms with Crippen LogP contribution < -0.4 is 5.32 Å². The fourth-order valence-corrected chi connectivity index (χ4v) is 1.81. The highest BCUT2D eigenvalue weighted by Gasteiger charge is 2.31. The number of amides is 1. The molecule has 0 aliphatic carbocycles. The molecule has 0 radical (unpaired) electrons. The number of nitrogens with zero attached hydrogens (tertiary/aromatic N) is 1. The van der Waals surface area contributed by atoms with Crippen molar-refractivity contribution >= 4 is 11.7 Å². The van der Waals surface area contributed by atoms with E-state index in [1.54, 1.807) is 14.0 Å². The predicted octanol–water partition coefficient (Wildman–Crippen LogP) is 0.0318. The van der Waals surface area contributed by atoms with Crippen molar-refractivity contribution in [2.24, 2.45) is 5.92 Å². The Kier molecular flexibility index (Phi) is 3.63. The number of hydrogen-bond acceptors (Lipinski definition) is 3. The van der Waals surface area contributed by atoms with Crippen molar-refractivity contribution in [1.29, 1.82) is 0 Å². The fraction of sp³-hybridized carbons (Fsp3) is 0.800. The number of carbonyl (C=O) groups excluding carboxylic acids is 2. The quantitative estimate of drug-likeness (QED) is 0.696. The van der Waals surface area contributed by atoms with Crippen LogP contribution in [0.25, 0.3) is 0 Å². The molecule has 2 atom stereocenters. The minimum Gasteiger partial charge on any atom is -0.359 e. The first-order valence-corrected chi connectivity index (χ1v) is 5.02. The second-order valence-electron chi connectivity index (χ2n) is 3.88. The molecule has 0 saturated carbocycles. The molecule has 80 valence electrons. The Balaban J connectivity index is 2.49. The van der Waals surface area contributed by atoms with Crippen LogP contribution in [0.1, 0.15) is 20.3 Å². The first-order chi connectivity index (χ1) is 6.56. The molecule has 1 fully saturated rings. The molecule has 1 amide bonds. The Morgan fingerprint density at radius 3 is 2.64 bits per heavy atom. The van der Waals surface area contributed by atoms with E-state index in [1.165, 1.54) is 0 Å². The summed E-state index contributed by atoms with van der Waals surface area (Å²) in [6.07, 6.45) is 0.858. The van der Waals surface area contributed by atoms with Gasteiger partial charge < -0.3 is 5.32 Å². The molecule has 1 rings (SSSR count). The van der Waals surface area contributed by atoms with Gasteiger partial charge in [-0.05, 0) is 26.8 Å². The number of hydrogen-bond donors (Lipinski definition) is 1. The predicted molar refractivity (Wildman–Crippen MR) is 53.9 cm³/mol. The zero-order valence-electron chi connectivity index (χ0n) is 9.04. The lowest BCUT2D eigenvalue weighted by Crippen LogP contribution is -2.37. The summed E-state index contributed by atoms with van der Waals surface area (Å²) >= 11 is 0. The van der Waals surface area contributed by atoms with Gasteiger partial charge in [-0.1, -0.05) is 0 Å². The molecule has 0 aromatic carbocycles. The molecule has 1 saturated heterocycles. The molecule has 2 unspecified atom stereocenters. The molecule has 4 heteroatoms. The van der Waals surface area contributed by atoms with Crippen LogP contribution in [0.2, 0.25) is 0 Å². The van der Waals surface area contributed by atoms with Crippen molar-refractivity contribution in [3.63, 3.8) is 0 Å². The van der Waals surface area contributed by atoms with E-state index in [-0.39, 0.29) is 23.7 Å². The van der Waals surface area contributed by atoms with Crippen molar-refractivity contribution in [3.05, 3.63) is 0 Å². The Hall–Kier alpha value is -0.900. The second-order valence-corrected chi connectivity index (χ2v) is 3.88. The van der Waals surface area contributed by atoms with Crippen LogP contribution in [0.5, 0.6) is 0 Å². The fourth-order valence-electron chi connectivity index (χ4n) is 1.81. The monoisotopic (exact) mass is 198 g/mol. The molecule has 1 aliphatic rings. The van der Waals surface area contributed by atoms with Crippen molar-refractivity contribution in [3.8, 4) is 0 Å². The molecule has 4 nitrogen and oxygen atoms in total. The van der Waals surface area contributed by atoms with Crippen LogP contribution >= 0.6 is 0 Å². The molecular formula is C10H18N2O2. The summed E-state index contributed by atoms with van der Waals surface area (Å²) in [4.78, 5) is 24.5. The third kappa shape index (κ3) is 2.32. The summed E-state index contributed by atoms with van der Waals surface area (Å²) in [6.45, 7) is 5.05. The molecule has 0 aromatic heterocycles. The van der Waals surface area contributed by atoms with Gasteiger partial charge in [0, 0.05) is 13.6 Å². The van der Waals surface area contributed by atoms with Gasteiger partial charge in [0.2, 0.25) is 5.91 Å². The number of nitrogens with one attached hydrogen (secondary N) is 1. The summed E-state index contributed by atoms with van der Waals surface area (Å²) in [7, 11) is 1.65. The third-order valence-corrected chi connectivity index (χ3v) is 2.97. The molecule has 0 bridgehead atoms. The van der Waals surface area contributed by atoms with Crippen LogP contribution in [0.3, 0.4) is 0 Å². The molecule has 0 spiro atoms. The van der Waals surface area contributed by atoms with Gasteiger partial charge in [-0.25, -0.2) is 0 Å². The van der Waals surface area contributed by atoms with Gasteiger partial charge in [0.15, 0.2) is 0 Å². The topological polar surface area (TPSA) is 49.4 Å². The number of rotatable bonds is 3. The van der Waals surface area contributed by atoms with Crippen LogP contribution in [-0.2, 0) is 9.59 Å². The Morgan fingerprint density at radius 1 is 1.50 bits per heavy atom. The second kappa shape index (κ2) is 4.55. The summed E-state index contributed by atoms with van der Waals surface area (Å²) < 4.78 is 0. The van der Waals surface area contributed by atoms with Crippen LogP contribution in [0.15, 0.2) is 0 Å². The van der Waals surface area contributed by atoms with Crippen molar-refractivity contribution in [2.45, 2.75) is 26.3 Å². The lowest BCUT2D eigenvalue weighted by atomic mass is 10.1. The highest BCUT2D eigenvalue weighted by Crippen LogP contribution is 2.18. The summed E-state index contributed by atoms with van der Waals surface area (Å²) in [6, 6.07) is -0.0512. The maximum Gasteiger partial charge on any atom is 0.224 e. The normalized spacial score (nSPS) is 24.6. The minimum atomic E-state index is -0.0512. The Bertz CT molecular complexity index is 240. The van der Waals surface area contributed by atoms with E-state index in [9.17, 15) is 9.59 Å². The van der Waals surface area contributed by atoms with Crippen LogP contribution in [-0.4, -0.2) is 42.8 Å². The number of carbonyl (C=O) groups is 2. The van der Waals surface area contributed by atoms with Gasteiger partial charge in [0.25, 0.3) is 0 Å². The van der Waals surface area contributed by atoms with Crippen LogP contribution in [0, 0.1) is 5.92 Å². The molecular weight excluding hydrogens is 180 g/mol. The molecule has 1 N–H and O–H groups in total. The number of likely N-dealkylation sites (tertiary alicyclic amines) is 1. The van der Waals surface area contributed by atoms with Gasteiger partial charge in [-0.15, -0.1) is 0 Å². The smallest absolute Gasteiger partial charge is 0.224 e. The minimum absolute atomic E-state index is 0.0512. The molecule has 14 heavy (non-hydrogen) atoms. The van der Waals surface area contributed by atoms with Crippen molar-refractivity contribution < 1.29 is 9.59 Å². The van der Waals surface area contributed by atoms with Crippen molar-refractivity contribution in [2.75, 3.05) is 20.1 Å².